The summed E-state index contributed by atoms with van der Waals surface area (Å²) in [5.41, 5.74) is 1.00. The maximum Gasteiger partial charge on any atom is 0.194 e. The van der Waals surface area contributed by atoms with Gasteiger partial charge in [0.05, 0.1) is 30.0 Å². The summed E-state index contributed by atoms with van der Waals surface area (Å²) in [7, 11) is 1.70. The molecule has 1 fully saturated rings. The number of furan rings is 1. The first kappa shape index (κ1) is 24.9. The number of rotatable bonds is 9. The number of thiazole rings is 1. The average molecular weight is 570 g/mol. The van der Waals surface area contributed by atoms with Gasteiger partial charge in [-0.05, 0) is 37.6 Å². The number of guanidine groups is 1. The van der Waals surface area contributed by atoms with E-state index >= 15 is 0 Å². The van der Waals surface area contributed by atoms with Crippen LogP contribution in [0.5, 0.6) is 0 Å². The number of likely N-dealkylation sites (tertiary alicyclic amines) is 1. The Hall–Kier alpha value is -1.69. The number of benzene rings is 1. The number of halogens is 1. The summed E-state index contributed by atoms with van der Waals surface area (Å²) in [4.78, 5) is 11.8. The molecule has 1 aromatic carbocycles. The van der Waals surface area contributed by atoms with Crippen LogP contribution in [0, 0.1) is 5.92 Å². The molecule has 174 valence electrons. The Morgan fingerprint density at radius 1 is 1.28 bits per heavy atom. The van der Waals surface area contributed by atoms with Gasteiger partial charge >= 0.3 is 0 Å². The molecular formula is C23H31IN4O3S. The number of hydrogen-bond donors (Lipinski definition) is 1. The minimum atomic E-state index is 0. The fourth-order valence-corrected chi connectivity index (χ4v) is 4.61. The van der Waals surface area contributed by atoms with Gasteiger partial charge in [-0.1, -0.05) is 12.1 Å². The second kappa shape index (κ2) is 12.5. The molecule has 9 heteroatoms. The van der Waals surface area contributed by atoms with Crippen LogP contribution in [0.25, 0.3) is 21.0 Å². The predicted octanol–water partition coefficient (Wildman–Crippen LogP) is 4.62. The molecule has 0 spiro atoms. The molecule has 0 aliphatic carbocycles. The molecule has 1 unspecified atom stereocenters. The van der Waals surface area contributed by atoms with E-state index in [9.17, 15) is 0 Å². The maximum atomic E-state index is 6.05. The summed E-state index contributed by atoms with van der Waals surface area (Å²) in [5.74, 6) is 3.09. The number of hydrogen-bond acceptors (Lipinski definition) is 6. The number of fused-ring (bicyclic) bond motifs is 1. The highest BCUT2D eigenvalue weighted by molar-refractivity contribution is 14.0. The summed E-state index contributed by atoms with van der Waals surface area (Å²) in [6.07, 6.45) is 1.11. The van der Waals surface area contributed by atoms with Gasteiger partial charge in [-0.2, -0.15) is 0 Å². The standard InChI is InChI=1S/C23H30N4O3S.HI/c1-3-24-23(27-11-10-17(15-27)16-29-13-12-28-2)25-14-18-8-9-20(30-18)22-26-19-6-4-5-7-21(19)31-22;/h4-9,17H,3,10-16H2,1-2H3,(H,24,25);1H. The first-order valence-corrected chi connectivity index (χ1v) is 11.6. The third-order valence-electron chi connectivity index (χ3n) is 5.26. The number of nitrogens with one attached hydrogen (secondary N) is 1. The highest BCUT2D eigenvalue weighted by Gasteiger charge is 2.25. The molecule has 4 rings (SSSR count). The molecule has 1 aliphatic rings. The highest BCUT2D eigenvalue weighted by Crippen LogP contribution is 2.31. The van der Waals surface area contributed by atoms with E-state index in [4.69, 9.17) is 18.9 Å². The van der Waals surface area contributed by atoms with Gasteiger partial charge in [-0.25, -0.2) is 9.98 Å². The minimum absolute atomic E-state index is 0. The van der Waals surface area contributed by atoms with Crippen LogP contribution < -0.4 is 5.32 Å². The topological polar surface area (TPSA) is 72.1 Å². The lowest BCUT2D eigenvalue weighted by Crippen LogP contribution is -2.40. The number of methoxy groups -OCH3 is 1. The molecule has 1 saturated heterocycles. The van der Waals surface area contributed by atoms with Crippen molar-refractivity contribution in [3.8, 4) is 10.8 Å². The second-order valence-electron chi connectivity index (χ2n) is 7.59. The summed E-state index contributed by atoms with van der Waals surface area (Å²) in [5, 5.41) is 4.31. The summed E-state index contributed by atoms with van der Waals surface area (Å²) < 4.78 is 18.0. The van der Waals surface area contributed by atoms with Crippen molar-refractivity contribution in [2.75, 3.05) is 46.6 Å². The van der Waals surface area contributed by atoms with E-state index in [1.54, 1.807) is 18.4 Å². The van der Waals surface area contributed by atoms with E-state index < -0.39 is 0 Å². The van der Waals surface area contributed by atoms with Crippen LogP contribution in [-0.4, -0.2) is 62.4 Å². The summed E-state index contributed by atoms with van der Waals surface area (Å²) >= 11 is 1.65. The van der Waals surface area contributed by atoms with Gasteiger partial charge in [0.25, 0.3) is 0 Å². The van der Waals surface area contributed by atoms with Gasteiger partial charge in [-0.3, -0.25) is 0 Å². The van der Waals surface area contributed by atoms with E-state index in [1.165, 1.54) is 0 Å². The SMILES string of the molecule is CCNC(=NCc1ccc(-c2nc3ccccc3s2)o1)N1CCC(COCCOC)C1.I. The molecule has 1 N–H and O–H groups in total. The van der Waals surface area contributed by atoms with Crippen LogP contribution in [0.4, 0.5) is 0 Å². The third-order valence-corrected chi connectivity index (χ3v) is 6.31. The van der Waals surface area contributed by atoms with Crippen molar-refractivity contribution in [2.24, 2.45) is 10.9 Å². The molecular weight excluding hydrogens is 539 g/mol. The van der Waals surface area contributed by atoms with Gasteiger partial charge in [-0.15, -0.1) is 35.3 Å². The fraction of sp³-hybridized carbons (Fsp3) is 0.478. The Morgan fingerprint density at radius 3 is 2.97 bits per heavy atom. The van der Waals surface area contributed by atoms with Crippen LogP contribution >= 0.6 is 35.3 Å². The smallest absolute Gasteiger partial charge is 0.194 e. The third kappa shape index (κ3) is 6.43. The van der Waals surface area contributed by atoms with Crippen molar-refractivity contribution in [2.45, 2.75) is 19.9 Å². The lowest BCUT2D eigenvalue weighted by atomic mass is 10.1. The largest absolute Gasteiger partial charge is 0.457 e. The second-order valence-corrected chi connectivity index (χ2v) is 8.62. The van der Waals surface area contributed by atoms with Crippen LogP contribution in [-0.2, 0) is 16.0 Å². The monoisotopic (exact) mass is 570 g/mol. The molecule has 7 nitrogen and oxygen atoms in total. The first-order valence-electron chi connectivity index (χ1n) is 10.8. The Morgan fingerprint density at radius 2 is 2.16 bits per heavy atom. The van der Waals surface area contributed by atoms with Crippen LogP contribution in [0.2, 0.25) is 0 Å². The van der Waals surface area contributed by atoms with Crippen molar-refractivity contribution >= 4 is 51.5 Å². The molecule has 1 atom stereocenters. The molecule has 0 amide bonds. The Balaban J connectivity index is 0.00000289. The normalized spacial score (nSPS) is 16.5. The maximum absolute atomic E-state index is 6.05. The zero-order chi connectivity index (χ0) is 21.5. The molecule has 0 saturated carbocycles. The molecule has 32 heavy (non-hydrogen) atoms. The molecule has 0 radical (unpaired) electrons. The zero-order valence-corrected chi connectivity index (χ0v) is 21.7. The van der Waals surface area contributed by atoms with Gasteiger partial charge < -0.3 is 24.1 Å². The van der Waals surface area contributed by atoms with E-state index in [-0.39, 0.29) is 24.0 Å². The number of aromatic nitrogens is 1. The number of nitrogens with zero attached hydrogens (tertiary/aromatic N) is 3. The minimum Gasteiger partial charge on any atom is -0.457 e. The van der Waals surface area contributed by atoms with Crippen molar-refractivity contribution < 1.29 is 13.9 Å². The van der Waals surface area contributed by atoms with E-state index in [1.807, 2.05) is 30.3 Å². The number of ether oxygens (including phenoxy) is 2. The van der Waals surface area contributed by atoms with Crippen LogP contribution in [0.15, 0.2) is 45.8 Å². The van der Waals surface area contributed by atoms with E-state index in [0.717, 1.165) is 65.4 Å². The fourth-order valence-electron chi connectivity index (χ4n) is 3.69. The summed E-state index contributed by atoms with van der Waals surface area (Å²) in [6, 6.07) is 12.1. The molecule has 2 aromatic heterocycles. The van der Waals surface area contributed by atoms with Crippen molar-refractivity contribution in [1.82, 2.24) is 15.2 Å². The van der Waals surface area contributed by atoms with Gasteiger partial charge in [0, 0.05) is 32.7 Å². The molecule has 3 aromatic rings. The number of para-hydroxylation sites is 1. The Bertz CT molecular complexity index is 973. The molecule has 1 aliphatic heterocycles. The molecule has 3 heterocycles. The van der Waals surface area contributed by atoms with Crippen molar-refractivity contribution in [3.63, 3.8) is 0 Å². The first-order chi connectivity index (χ1) is 15.3. The Kier molecular flexibility index (Phi) is 9.76. The van der Waals surface area contributed by atoms with Gasteiger partial charge in [0.15, 0.2) is 16.7 Å². The quantitative estimate of drug-likeness (QED) is 0.175. The Labute approximate surface area is 210 Å². The zero-order valence-electron chi connectivity index (χ0n) is 18.6. The van der Waals surface area contributed by atoms with E-state index in [2.05, 4.69) is 28.2 Å². The van der Waals surface area contributed by atoms with Crippen molar-refractivity contribution in [3.05, 3.63) is 42.2 Å². The predicted molar refractivity (Wildman–Crippen MR) is 140 cm³/mol. The van der Waals surface area contributed by atoms with Crippen LogP contribution in [0.1, 0.15) is 19.1 Å². The van der Waals surface area contributed by atoms with Crippen LogP contribution in [0.3, 0.4) is 0 Å². The highest BCUT2D eigenvalue weighted by atomic mass is 127. The lowest BCUT2D eigenvalue weighted by molar-refractivity contribution is 0.0536. The molecule has 0 bridgehead atoms. The number of aliphatic imine (C=N–C) groups is 1. The van der Waals surface area contributed by atoms with E-state index in [0.29, 0.717) is 25.7 Å². The van der Waals surface area contributed by atoms with Gasteiger partial charge in [0.2, 0.25) is 0 Å². The average Bonchev–Trinajstić information content (AvgIpc) is 3.53. The van der Waals surface area contributed by atoms with Crippen molar-refractivity contribution in [1.29, 1.82) is 0 Å². The van der Waals surface area contributed by atoms with Gasteiger partial charge in [0.1, 0.15) is 12.3 Å². The summed E-state index contributed by atoms with van der Waals surface area (Å²) in [6.45, 7) is 7.42. The lowest BCUT2D eigenvalue weighted by Gasteiger charge is -2.21.